The van der Waals surface area contributed by atoms with E-state index in [9.17, 15) is 9.59 Å². The lowest BCUT2D eigenvalue weighted by Crippen LogP contribution is -2.46. The zero-order valence-electron chi connectivity index (χ0n) is 19.8. The average molecular weight is 461 g/mol. The minimum atomic E-state index is -0.790. The van der Waals surface area contributed by atoms with E-state index in [-0.39, 0.29) is 30.2 Å². The van der Waals surface area contributed by atoms with Crippen LogP contribution in [-0.2, 0) is 11.3 Å². The molecule has 34 heavy (non-hydrogen) atoms. The molecule has 1 aliphatic carbocycles. The summed E-state index contributed by atoms with van der Waals surface area (Å²) in [4.78, 5) is 29.0. The molecule has 0 spiro atoms. The predicted molar refractivity (Wildman–Crippen MR) is 131 cm³/mol. The summed E-state index contributed by atoms with van der Waals surface area (Å²) in [5, 5.41) is 3.23. The summed E-state index contributed by atoms with van der Waals surface area (Å²) in [6.45, 7) is 2.25. The lowest BCUT2D eigenvalue weighted by Gasteiger charge is -2.33. The van der Waals surface area contributed by atoms with Crippen molar-refractivity contribution in [1.82, 2.24) is 10.2 Å². The number of furan rings is 1. The van der Waals surface area contributed by atoms with E-state index < -0.39 is 6.04 Å². The molecule has 1 aliphatic rings. The zero-order valence-corrected chi connectivity index (χ0v) is 19.8. The van der Waals surface area contributed by atoms with Crippen LogP contribution < -0.4 is 10.1 Å². The van der Waals surface area contributed by atoms with Crippen LogP contribution >= 0.6 is 0 Å². The van der Waals surface area contributed by atoms with Gasteiger partial charge in [-0.1, -0.05) is 61.2 Å². The van der Waals surface area contributed by atoms with Crippen LogP contribution in [0.4, 0.5) is 0 Å². The minimum absolute atomic E-state index is 0.135. The van der Waals surface area contributed by atoms with Gasteiger partial charge in [0.15, 0.2) is 5.76 Å². The van der Waals surface area contributed by atoms with Crippen molar-refractivity contribution in [2.45, 2.75) is 57.7 Å². The number of rotatable bonds is 8. The Bertz CT molecular complexity index is 1070. The summed E-state index contributed by atoms with van der Waals surface area (Å²) in [6, 6.07) is 18.0. The van der Waals surface area contributed by atoms with E-state index in [2.05, 4.69) is 5.32 Å². The third-order valence-corrected chi connectivity index (χ3v) is 6.41. The van der Waals surface area contributed by atoms with Gasteiger partial charge in [0, 0.05) is 12.6 Å². The first-order valence-corrected chi connectivity index (χ1v) is 11.9. The number of carbonyl (C=O) groups is 2. The molecule has 1 aromatic heterocycles. The average Bonchev–Trinajstić information content (AvgIpc) is 3.40. The summed E-state index contributed by atoms with van der Waals surface area (Å²) in [6.07, 6.45) is 6.84. The molecule has 6 heteroatoms. The highest BCUT2D eigenvalue weighted by molar-refractivity contribution is 5.96. The topological polar surface area (TPSA) is 71.8 Å². The normalized spacial score (nSPS) is 14.9. The molecule has 1 N–H and O–H groups in total. The second kappa shape index (κ2) is 11.1. The van der Waals surface area contributed by atoms with Crippen molar-refractivity contribution in [2.24, 2.45) is 0 Å². The van der Waals surface area contributed by atoms with Gasteiger partial charge in [-0.15, -0.1) is 0 Å². The molecule has 1 fully saturated rings. The van der Waals surface area contributed by atoms with E-state index in [1.807, 2.05) is 55.5 Å². The number of amides is 2. The molecule has 2 aromatic carbocycles. The molecule has 0 aliphatic heterocycles. The fraction of sp³-hybridized carbons (Fsp3) is 0.357. The number of hydrogen-bond acceptors (Lipinski definition) is 4. The predicted octanol–water partition coefficient (Wildman–Crippen LogP) is 5.43. The number of aryl methyl sites for hydroxylation is 1. The van der Waals surface area contributed by atoms with Crippen LogP contribution in [-0.4, -0.2) is 29.9 Å². The fourth-order valence-electron chi connectivity index (χ4n) is 4.50. The lowest BCUT2D eigenvalue weighted by molar-refractivity contribution is -0.127. The number of carbonyl (C=O) groups excluding carboxylic acids is 2. The van der Waals surface area contributed by atoms with Crippen molar-refractivity contribution in [3.63, 3.8) is 0 Å². The Morgan fingerprint density at radius 3 is 2.35 bits per heavy atom. The van der Waals surface area contributed by atoms with Crippen molar-refractivity contribution in [2.75, 3.05) is 7.11 Å². The van der Waals surface area contributed by atoms with Gasteiger partial charge in [-0.05, 0) is 55.2 Å². The maximum atomic E-state index is 13.7. The van der Waals surface area contributed by atoms with Gasteiger partial charge >= 0.3 is 0 Å². The van der Waals surface area contributed by atoms with Crippen LogP contribution in [0.1, 0.15) is 65.4 Å². The van der Waals surface area contributed by atoms with Gasteiger partial charge in [0.25, 0.3) is 5.91 Å². The molecule has 1 saturated carbocycles. The molecule has 0 saturated heterocycles. The quantitative estimate of drug-likeness (QED) is 0.487. The summed E-state index contributed by atoms with van der Waals surface area (Å²) in [5.74, 6) is 0.447. The largest absolute Gasteiger partial charge is 0.497 e. The first-order chi connectivity index (χ1) is 16.5. The lowest BCUT2D eigenvalue weighted by atomic mass is 9.94. The van der Waals surface area contributed by atoms with Crippen LogP contribution in [0.15, 0.2) is 71.3 Å². The molecule has 0 radical (unpaired) electrons. The molecule has 6 nitrogen and oxygen atoms in total. The van der Waals surface area contributed by atoms with Crippen molar-refractivity contribution < 1.29 is 18.7 Å². The molecule has 178 valence electrons. The summed E-state index contributed by atoms with van der Waals surface area (Å²) in [7, 11) is 1.62. The van der Waals surface area contributed by atoms with Crippen molar-refractivity contribution in [3.05, 3.63) is 89.4 Å². The highest BCUT2D eigenvalue weighted by atomic mass is 16.5. The highest BCUT2D eigenvalue weighted by Crippen LogP contribution is 2.28. The first-order valence-electron chi connectivity index (χ1n) is 11.9. The van der Waals surface area contributed by atoms with Crippen molar-refractivity contribution >= 4 is 11.8 Å². The Hall–Kier alpha value is -3.54. The van der Waals surface area contributed by atoms with Crippen LogP contribution in [0, 0.1) is 6.92 Å². The summed E-state index contributed by atoms with van der Waals surface area (Å²) in [5.41, 5.74) is 2.75. The molecule has 0 bridgehead atoms. The SMILES string of the molecule is COc1ccc(CN(C(=O)c2ccco2)[C@H](C(=O)NC2CCCCC2)c2ccc(C)cc2)cc1. The van der Waals surface area contributed by atoms with Crippen LogP contribution in [0.2, 0.25) is 0 Å². The number of benzene rings is 2. The molecule has 3 aromatic rings. The van der Waals surface area contributed by atoms with Crippen LogP contribution in [0.25, 0.3) is 0 Å². The molecular formula is C28H32N2O4. The number of ether oxygens (including phenoxy) is 1. The fourth-order valence-corrected chi connectivity index (χ4v) is 4.50. The van der Waals surface area contributed by atoms with Crippen LogP contribution in [0.5, 0.6) is 5.75 Å². The Morgan fingerprint density at radius 1 is 1.03 bits per heavy atom. The Balaban J connectivity index is 1.71. The van der Waals surface area contributed by atoms with E-state index in [0.717, 1.165) is 48.1 Å². The number of methoxy groups -OCH3 is 1. The van der Waals surface area contributed by atoms with E-state index in [0.29, 0.717) is 0 Å². The third kappa shape index (κ3) is 5.68. The zero-order chi connectivity index (χ0) is 23.9. The first kappa shape index (κ1) is 23.6. The molecule has 4 rings (SSSR count). The van der Waals surface area contributed by atoms with Gasteiger partial charge in [-0.3, -0.25) is 9.59 Å². The van der Waals surface area contributed by atoms with Gasteiger partial charge in [0.2, 0.25) is 5.91 Å². The van der Waals surface area contributed by atoms with Gasteiger partial charge in [0.05, 0.1) is 13.4 Å². The maximum absolute atomic E-state index is 13.7. The van der Waals surface area contributed by atoms with Gasteiger partial charge < -0.3 is 19.4 Å². The molecular weight excluding hydrogens is 428 g/mol. The third-order valence-electron chi connectivity index (χ3n) is 6.41. The number of nitrogens with one attached hydrogen (secondary N) is 1. The second-order valence-corrected chi connectivity index (χ2v) is 8.92. The Kier molecular flexibility index (Phi) is 7.68. The van der Waals surface area contributed by atoms with Gasteiger partial charge in [-0.2, -0.15) is 0 Å². The van der Waals surface area contributed by atoms with Crippen molar-refractivity contribution in [1.29, 1.82) is 0 Å². The second-order valence-electron chi connectivity index (χ2n) is 8.92. The number of hydrogen-bond donors (Lipinski definition) is 1. The Morgan fingerprint density at radius 2 is 1.74 bits per heavy atom. The van der Waals surface area contributed by atoms with E-state index >= 15 is 0 Å². The van der Waals surface area contributed by atoms with Gasteiger partial charge in [-0.25, -0.2) is 0 Å². The monoisotopic (exact) mass is 460 g/mol. The molecule has 1 atom stereocenters. The molecule has 2 amide bonds. The molecule has 1 heterocycles. The maximum Gasteiger partial charge on any atom is 0.290 e. The van der Waals surface area contributed by atoms with E-state index in [1.165, 1.54) is 12.7 Å². The van der Waals surface area contributed by atoms with Gasteiger partial charge in [0.1, 0.15) is 11.8 Å². The number of nitrogens with zero attached hydrogens (tertiary/aromatic N) is 1. The van der Waals surface area contributed by atoms with Crippen LogP contribution in [0.3, 0.4) is 0 Å². The summed E-state index contributed by atoms with van der Waals surface area (Å²) >= 11 is 0. The molecule has 0 unspecified atom stereocenters. The Labute approximate surface area is 200 Å². The van der Waals surface area contributed by atoms with Crippen molar-refractivity contribution in [3.8, 4) is 5.75 Å². The highest BCUT2D eigenvalue weighted by Gasteiger charge is 2.34. The summed E-state index contributed by atoms with van der Waals surface area (Å²) < 4.78 is 10.7. The smallest absolute Gasteiger partial charge is 0.290 e. The standard InChI is InChI=1S/C28H32N2O4/c1-20-10-14-22(15-11-20)26(27(31)29-23-7-4-3-5-8-23)30(28(32)25-9-6-18-34-25)19-21-12-16-24(33-2)17-13-21/h6,9-18,23,26H,3-5,7-8,19H2,1-2H3,(H,29,31)/t26-/m0/s1. The van der Waals surface area contributed by atoms with E-state index in [4.69, 9.17) is 9.15 Å². The van der Waals surface area contributed by atoms with E-state index in [1.54, 1.807) is 24.1 Å². The minimum Gasteiger partial charge on any atom is -0.497 e.